The van der Waals surface area contributed by atoms with Crippen molar-refractivity contribution in [2.75, 3.05) is 6.61 Å². The average Bonchev–Trinajstić information content (AvgIpc) is 3.06. The van der Waals surface area contributed by atoms with E-state index in [1.165, 1.54) is 0 Å². The summed E-state index contributed by atoms with van der Waals surface area (Å²) in [6.07, 6.45) is 3.57. The van der Waals surface area contributed by atoms with Gasteiger partial charge in [-0.2, -0.15) is 0 Å². The predicted molar refractivity (Wildman–Crippen MR) is 149 cm³/mol. The number of aliphatic hydroxyl groups is 1. The Balaban J connectivity index is 2.06. The van der Waals surface area contributed by atoms with Crippen molar-refractivity contribution >= 4 is 46.6 Å². The molecule has 1 atom stereocenters. The molecule has 2 heterocycles. The summed E-state index contributed by atoms with van der Waals surface area (Å²) in [5.41, 5.74) is 5.12. The Kier molecular flexibility index (Phi) is 10.0. The summed E-state index contributed by atoms with van der Waals surface area (Å²) in [5, 5.41) is 14.9. The van der Waals surface area contributed by atoms with E-state index in [1.807, 2.05) is 38.1 Å². The summed E-state index contributed by atoms with van der Waals surface area (Å²) < 4.78 is 2.27. The number of rotatable bonds is 10. The zero-order valence-electron chi connectivity index (χ0n) is 21.2. The summed E-state index contributed by atoms with van der Waals surface area (Å²) >= 11 is 14.2. The lowest BCUT2D eigenvalue weighted by Crippen LogP contribution is -2.36. The van der Waals surface area contributed by atoms with E-state index >= 15 is 0 Å². The highest BCUT2D eigenvalue weighted by atomic mass is 35.5. The highest BCUT2D eigenvalue weighted by Gasteiger charge is 2.25. The third-order valence-corrected chi connectivity index (χ3v) is 7.23. The number of aliphatic hydroxyl groups excluding tert-OH is 1. The zero-order valence-corrected chi connectivity index (χ0v) is 23.5. The molecule has 0 bridgehead atoms. The lowest BCUT2D eigenvalue weighted by atomic mass is 10.0. The fourth-order valence-corrected chi connectivity index (χ4v) is 6.09. The van der Waals surface area contributed by atoms with E-state index in [0.29, 0.717) is 23.1 Å². The highest BCUT2D eigenvalue weighted by Crippen LogP contribution is 2.41. The van der Waals surface area contributed by atoms with Crippen molar-refractivity contribution in [1.29, 1.82) is 0 Å². The molecule has 0 aliphatic carbocycles. The molecule has 1 aromatic carbocycles. The van der Waals surface area contributed by atoms with E-state index in [2.05, 4.69) is 40.6 Å². The van der Waals surface area contributed by atoms with Crippen molar-refractivity contribution in [3.8, 4) is 0 Å². The van der Waals surface area contributed by atoms with Gasteiger partial charge in [-0.3, -0.25) is 14.8 Å². The van der Waals surface area contributed by atoms with Crippen LogP contribution in [0.25, 0.3) is 0 Å². The molecule has 2 aromatic heterocycles. The molecule has 0 aliphatic heterocycles. The minimum atomic E-state index is -0.820. The first-order chi connectivity index (χ1) is 17.1. The molecule has 0 radical (unpaired) electrons. The van der Waals surface area contributed by atoms with E-state index in [0.717, 1.165) is 38.0 Å². The SMILES string of the molecule is CC(C)=N[C@@H](CO)C(=O)NCc1c(C(C)C)c(Sc2cc(Cl)cc(Cl)c2)n(Cc2ccncc2)c1C. The third-order valence-electron chi connectivity index (χ3n) is 5.69. The largest absolute Gasteiger partial charge is 0.394 e. The van der Waals surface area contributed by atoms with E-state index in [1.54, 1.807) is 30.2 Å². The van der Waals surface area contributed by atoms with Crippen molar-refractivity contribution in [3.63, 3.8) is 0 Å². The van der Waals surface area contributed by atoms with Crippen LogP contribution in [0.3, 0.4) is 0 Å². The number of hydrogen-bond donors (Lipinski definition) is 2. The van der Waals surface area contributed by atoms with Gasteiger partial charge >= 0.3 is 0 Å². The van der Waals surface area contributed by atoms with Gasteiger partial charge < -0.3 is 15.0 Å². The average molecular weight is 548 g/mol. The Bertz CT molecular complexity index is 1220. The summed E-state index contributed by atoms with van der Waals surface area (Å²) in [7, 11) is 0. The molecule has 0 fully saturated rings. The summed E-state index contributed by atoms with van der Waals surface area (Å²) in [4.78, 5) is 22.1. The second-order valence-electron chi connectivity index (χ2n) is 9.08. The van der Waals surface area contributed by atoms with Gasteiger partial charge in [0.05, 0.1) is 11.6 Å². The van der Waals surface area contributed by atoms with Gasteiger partial charge in [0.15, 0.2) is 6.04 Å². The van der Waals surface area contributed by atoms with E-state index in [-0.39, 0.29) is 18.4 Å². The fourth-order valence-electron chi connectivity index (χ4n) is 4.06. The van der Waals surface area contributed by atoms with Crippen LogP contribution in [0.15, 0.2) is 57.6 Å². The lowest BCUT2D eigenvalue weighted by molar-refractivity contribution is -0.123. The number of hydrogen-bond acceptors (Lipinski definition) is 5. The third kappa shape index (κ3) is 7.13. The number of aromatic nitrogens is 2. The summed E-state index contributed by atoms with van der Waals surface area (Å²) in [6, 6.07) is 8.70. The number of carbonyl (C=O) groups is 1. The second-order valence-corrected chi connectivity index (χ2v) is 11.0. The molecule has 2 N–H and O–H groups in total. The Hall–Kier alpha value is -2.32. The fraction of sp³-hybridized carbons (Fsp3) is 0.370. The normalized spacial score (nSPS) is 12.0. The smallest absolute Gasteiger partial charge is 0.247 e. The van der Waals surface area contributed by atoms with E-state index in [9.17, 15) is 9.90 Å². The van der Waals surface area contributed by atoms with Crippen LogP contribution >= 0.6 is 35.0 Å². The second kappa shape index (κ2) is 12.8. The number of aliphatic imine (C=N–C) groups is 1. The topological polar surface area (TPSA) is 79.5 Å². The molecule has 0 saturated heterocycles. The van der Waals surface area contributed by atoms with Gasteiger partial charge in [-0.15, -0.1) is 0 Å². The number of pyridine rings is 1. The number of carbonyl (C=O) groups excluding carboxylic acids is 1. The van der Waals surface area contributed by atoms with Gasteiger partial charge in [0.2, 0.25) is 5.91 Å². The maximum absolute atomic E-state index is 12.8. The van der Waals surface area contributed by atoms with Gasteiger partial charge in [0, 0.05) is 51.8 Å². The van der Waals surface area contributed by atoms with Crippen LogP contribution in [-0.2, 0) is 17.9 Å². The van der Waals surface area contributed by atoms with Crippen LogP contribution in [-0.4, -0.2) is 38.9 Å². The molecule has 0 unspecified atom stereocenters. The van der Waals surface area contributed by atoms with Crippen LogP contribution in [0.2, 0.25) is 10.0 Å². The first-order valence-corrected chi connectivity index (χ1v) is 13.3. The first kappa shape index (κ1) is 28.3. The van der Waals surface area contributed by atoms with Crippen LogP contribution in [0.5, 0.6) is 0 Å². The minimum absolute atomic E-state index is 0.191. The molecular formula is C27H32Cl2N4O2S. The molecule has 3 rings (SSSR count). The Labute approximate surface area is 227 Å². The van der Waals surface area contributed by atoms with Crippen molar-refractivity contribution in [2.24, 2.45) is 4.99 Å². The highest BCUT2D eigenvalue weighted by molar-refractivity contribution is 7.99. The number of nitrogens with one attached hydrogen (secondary N) is 1. The number of nitrogens with zero attached hydrogens (tertiary/aromatic N) is 3. The van der Waals surface area contributed by atoms with Crippen LogP contribution in [0.1, 0.15) is 56.0 Å². The van der Waals surface area contributed by atoms with Gasteiger partial charge in [0.25, 0.3) is 0 Å². The molecule has 9 heteroatoms. The Morgan fingerprint density at radius 1 is 1.17 bits per heavy atom. The molecule has 192 valence electrons. The van der Waals surface area contributed by atoms with Crippen molar-refractivity contribution in [3.05, 3.63) is 75.2 Å². The maximum Gasteiger partial charge on any atom is 0.247 e. The molecule has 0 saturated carbocycles. The number of amides is 1. The number of halogens is 2. The Morgan fingerprint density at radius 2 is 1.81 bits per heavy atom. The lowest BCUT2D eigenvalue weighted by Gasteiger charge is -2.15. The molecule has 36 heavy (non-hydrogen) atoms. The standard InChI is InChI=1S/C27H32Cl2N4O2S/c1-16(2)25-23(13-31-26(35)24(15-34)32-17(3)4)18(5)33(14-19-6-8-30-9-7-19)27(25)36-22-11-20(28)10-21(29)12-22/h6-12,16,24,34H,13-15H2,1-5H3,(H,31,35)/t24-/m0/s1. The van der Waals surface area contributed by atoms with Crippen LogP contribution in [0.4, 0.5) is 0 Å². The van der Waals surface area contributed by atoms with Gasteiger partial charge in [-0.25, -0.2) is 0 Å². The minimum Gasteiger partial charge on any atom is -0.394 e. The molecule has 0 aliphatic rings. The monoisotopic (exact) mass is 546 g/mol. The number of benzene rings is 1. The van der Waals surface area contributed by atoms with E-state index in [4.69, 9.17) is 23.2 Å². The van der Waals surface area contributed by atoms with Crippen molar-refractivity contribution < 1.29 is 9.90 Å². The molecular weight excluding hydrogens is 515 g/mol. The Morgan fingerprint density at radius 3 is 2.36 bits per heavy atom. The van der Waals surface area contributed by atoms with Crippen LogP contribution in [0, 0.1) is 6.92 Å². The predicted octanol–water partition coefficient (Wildman–Crippen LogP) is 6.28. The summed E-state index contributed by atoms with van der Waals surface area (Å²) in [5.74, 6) is -0.110. The van der Waals surface area contributed by atoms with Crippen molar-refractivity contribution in [1.82, 2.24) is 14.9 Å². The molecule has 3 aromatic rings. The molecule has 1 amide bonds. The quantitative estimate of drug-likeness (QED) is 0.293. The maximum atomic E-state index is 12.8. The summed E-state index contributed by atoms with van der Waals surface area (Å²) in [6.45, 7) is 10.6. The van der Waals surface area contributed by atoms with Crippen LogP contribution < -0.4 is 5.32 Å². The first-order valence-electron chi connectivity index (χ1n) is 11.7. The van der Waals surface area contributed by atoms with E-state index < -0.39 is 6.04 Å². The van der Waals surface area contributed by atoms with Crippen molar-refractivity contribution in [2.45, 2.75) is 69.6 Å². The molecule has 6 nitrogen and oxygen atoms in total. The molecule has 0 spiro atoms. The van der Waals surface area contributed by atoms with Gasteiger partial charge in [-0.1, -0.05) is 48.8 Å². The van der Waals surface area contributed by atoms with Gasteiger partial charge in [-0.05, 0) is 73.7 Å². The van der Waals surface area contributed by atoms with Gasteiger partial charge in [0.1, 0.15) is 0 Å². The zero-order chi connectivity index (χ0) is 26.4.